The molecule has 224 valence electrons. The number of phenols is 7. The van der Waals surface area contributed by atoms with Crippen LogP contribution in [0.15, 0.2) is 79.1 Å². The minimum atomic E-state index is -1.10. The van der Waals surface area contributed by atoms with Crippen LogP contribution in [0.1, 0.15) is 0 Å². The Morgan fingerprint density at radius 3 is 1.51 bits per heavy atom. The predicted octanol–water partition coefficient (Wildman–Crippen LogP) is 2.33. The molecule has 0 radical (unpaired) electrons. The van der Waals surface area contributed by atoms with Crippen LogP contribution >= 0.6 is 0 Å². The van der Waals surface area contributed by atoms with E-state index in [4.69, 9.17) is 8.83 Å². The first-order valence-electron chi connectivity index (χ1n) is 12.2. The molecule has 0 saturated heterocycles. The van der Waals surface area contributed by atoms with E-state index in [1.165, 1.54) is 18.2 Å². The second kappa shape index (κ2) is 12.3. The first-order valence-corrected chi connectivity index (χ1v) is 12.2. The van der Waals surface area contributed by atoms with Crippen LogP contribution in [0.4, 0.5) is 0 Å². The van der Waals surface area contributed by atoms with Gasteiger partial charge in [-0.15, -0.1) is 0 Å². The number of aromatic hydroxyl groups is 8. The molecule has 0 aliphatic rings. The number of phenolic OH excluding ortho intramolecular Hbond substituents is 7. The molecule has 0 bridgehead atoms. The summed E-state index contributed by atoms with van der Waals surface area (Å²) in [7, 11) is 0. The Hall–Kier alpha value is -5.44. The van der Waals surface area contributed by atoms with E-state index in [-0.39, 0.29) is 99.6 Å². The maximum absolute atomic E-state index is 12.2. The fourth-order valence-electron chi connectivity index (χ4n) is 4.31. The molecule has 8 N–H and O–H groups in total. The maximum atomic E-state index is 12.2. The van der Waals surface area contributed by atoms with E-state index in [9.17, 15) is 60.7 Å². The predicted molar refractivity (Wildman–Crippen MR) is 154 cm³/mol. The zero-order valence-electron chi connectivity index (χ0n) is 22.5. The molecule has 0 unspecified atom stereocenters. The summed E-state index contributed by atoms with van der Waals surface area (Å²) >= 11 is 0. The Labute approximate surface area is 279 Å². The van der Waals surface area contributed by atoms with Crippen molar-refractivity contribution in [1.82, 2.24) is 0 Å². The Balaban J connectivity index is 0.000000200. The van der Waals surface area contributed by atoms with E-state index >= 15 is 0 Å². The molecule has 2 aromatic heterocycles. The third-order valence-corrected chi connectivity index (χ3v) is 6.29. The van der Waals surface area contributed by atoms with Gasteiger partial charge in [0, 0.05) is 35.9 Å². The molecule has 15 heteroatoms. The van der Waals surface area contributed by atoms with E-state index in [2.05, 4.69) is 0 Å². The molecular formula is C30H18CaO14. The van der Waals surface area contributed by atoms with Gasteiger partial charge in [0.1, 0.15) is 67.9 Å². The fraction of sp³-hybridized carbons (Fsp3) is 0. The van der Waals surface area contributed by atoms with Crippen molar-refractivity contribution >= 4 is 59.7 Å². The van der Waals surface area contributed by atoms with Crippen LogP contribution in [0.3, 0.4) is 0 Å². The average molecular weight is 643 g/mol. The smallest absolute Gasteiger partial charge is 0.872 e. The van der Waals surface area contributed by atoms with Gasteiger partial charge in [-0.3, -0.25) is 9.59 Å². The minimum Gasteiger partial charge on any atom is -0.872 e. The second-order valence-corrected chi connectivity index (χ2v) is 9.26. The van der Waals surface area contributed by atoms with Gasteiger partial charge in [-0.05, 0) is 36.1 Å². The molecule has 0 saturated carbocycles. The zero-order valence-corrected chi connectivity index (χ0v) is 24.7. The number of benzene rings is 4. The van der Waals surface area contributed by atoms with Crippen LogP contribution in [-0.4, -0.2) is 78.6 Å². The van der Waals surface area contributed by atoms with Crippen molar-refractivity contribution in [2.45, 2.75) is 0 Å². The van der Waals surface area contributed by atoms with E-state index in [0.717, 1.165) is 42.5 Å². The standard InChI is InChI=1S/2C15H10O7.Ca/c2*16-6-1-2-8(9(18)3-6)15-14(21)13(20)12-10(19)4-7(17)5-11(12)22-15;/h2*1-5,16-19,21H;/q;;+2/p-2. The van der Waals surface area contributed by atoms with Crippen molar-refractivity contribution in [2.24, 2.45) is 0 Å². The number of hydrogen-bond donors (Lipinski definition) is 8. The van der Waals surface area contributed by atoms with Crippen LogP contribution in [-0.2, 0) is 0 Å². The Bertz CT molecular complexity index is 2080. The van der Waals surface area contributed by atoms with Gasteiger partial charge in [-0.2, -0.15) is 0 Å². The molecule has 2 heterocycles. The molecule has 0 atom stereocenters. The Kier molecular flexibility index (Phi) is 8.86. The average Bonchev–Trinajstić information content (AvgIpc) is 2.93. The van der Waals surface area contributed by atoms with Crippen molar-refractivity contribution in [3.8, 4) is 80.1 Å². The molecule has 0 aliphatic heterocycles. The van der Waals surface area contributed by atoms with E-state index in [1.54, 1.807) is 0 Å². The van der Waals surface area contributed by atoms with Gasteiger partial charge >= 0.3 is 37.7 Å². The van der Waals surface area contributed by atoms with Gasteiger partial charge in [-0.1, -0.05) is 5.75 Å². The number of rotatable bonds is 2. The minimum absolute atomic E-state index is 0. The van der Waals surface area contributed by atoms with Gasteiger partial charge in [-0.25, -0.2) is 0 Å². The molecule has 0 spiro atoms. The molecular weight excluding hydrogens is 624 g/mol. The molecule has 0 amide bonds. The van der Waals surface area contributed by atoms with E-state index in [1.807, 2.05) is 0 Å². The van der Waals surface area contributed by atoms with Crippen LogP contribution in [0, 0.1) is 0 Å². The van der Waals surface area contributed by atoms with Gasteiger partial charge in [0.25, 0.3) is 0 Å². The SMILES string of the molecule is O=c1c(O)c(-c2ccc(O)cc2O)oc2cc(O)cc(O)c12.O=c1c([O-])c(-c2ccc(O)cc2[O-])oc2cc(O)cc(O)c12.[Ca+2]. The molecule has 6 rings (SSSR count). The first-order chi connectivity index (χ1) is 20.8. The van der Waals surface area contributed by atoms with Crippen molar-refractivity contribution < 1.29 is 59.9 Å². The Morgan fingerprint density at radius 1 is 0.511 bits per heavy atom. The number of fused-ring (bicyclic) bond motifs is 2. The summed E-state index contributed by atoms with van der Waals surface area (Å²) in [5.41, 5.74) is -2.60. The van der Waals surface area contributed by atoms with Crippen molar-refractivity contribution in [3.05, 3.63) is 81.1 Å². The van der Waals surface area contributed by atoms with E-state index in [0.29, 0.717) is 0 Å². The van der Waals surface area contributed by atoms with E-state index < -0.39 is 51.1 Å². The third-order valence-electron chi connectivity index (χ3n) is 6.29. The van der Waals surface area contributed by atoms with Gasteiger partial charge in [0.2, 0.25) is 11.2 Å². The second-order valence-electron chi connectivity index (χ2n) is 9.26. The molecule has 45 heavy (non-hydrogen) atoms. The van der Waals surface area contributed by atoms with Crippen LogP contribution in [0.5, 0.6) is 57.5 Å². The molecule has 6 aromatic rings. The van der Waals surface area contributed by atoms with Crippen LogP contribution < -0.4 is 21.1 Å². The summed E-state index contributed by atoms with van der Waals surface area (Å²) in [5, 5.41) is 99.7. The summed E-state index contributed by atoms with van der Waals surface area (Å²) in [5.74, 6) is -6.24. The van der Waals surface area contributed by atoms with Gasteiger partial charge in [0.15, 0.2) is 11.2 Å². The van der Waals surface area contributed by atoms with Gasteiger partial charge < -0.3 is 59.9 Å². The van der Waals surface area contributed by atoms with Gasteiger partial charge in [0.05, 0.1) is 5.56 Å². The summed E-state index contributed by atoms with van der Waals surface area (Å²) in [6, 6.07) is 10.7. The van der Waals surface area contributed by atoms with Crippen molar-refractivity contribution in [2.75, 3.05) is 0 Å². The summed E-state index contributed by atoms with van der Waals surface area (Å²) < 4.78 is 10.6. The first kappa shape index (κ1) is 32.5. The summed E-state index contributed by atoms with van der Waals surface area (Å²) in [6.07, 6.45) is 0. The Morgan fingerprint density at radius 2 is 0.978 bits per heavy atom. The fourth-order valence-corrected chi connectivity index (χ4v) is 4.31. The third kappa shape index (κ3) is 6.02. The van der Waals surface area contributed by atoms with Crippen molar-refractivity contribution in [1.29, 1.82) is 0 Å². The molecule has 0 aliphatic carbocycles. The zero-order chi connectivity index (χ0) is 32.0. The summed E-state index contributed by atoms with van der Waals surface area (Å²) in [6.45, 7) is 0. The van der Waals surface area contributed by atoms with Crippen molar-refractivity contribution in [3.63, 3.8) is 0 Å². The maximum Gasteiger partial charge on any atom is 2.00 e. The normalized spacial score (nSPS) is 10.7. The quantitative estimate of drug-likeness (QED) is 0.126. The topological polar surface area (TPSA) is 268 Å². The number of hydrogen-bond acceptors (Lipinski definition) is 14. The molecule has 14 nitrogen and oxygen atoms in total. The molecule has 0 fully saturated rings. The monoisotopic (exact) mass is 642 g/mol. The molecule has 4 aromatic carbocycles. The van der Waals surface area contributed by atoms with Crippen LogP contribution in [0.25, 0.3) is 44.6 Å². The largest absolute Gasteiger partial charge is 2.00 e. The van der Waals surface area contributed by atoms with Crippen LogP contribution in [0.2, 0.25) is 0 Å². The summed E-state index contributed by atoms with van der Waals surface area (Å²) in [4.78, 5) is 24.2.